The average Bonchev–Trinajstić information content (AvgIpc) is 2.84. The van der Waals surface area contributed by atoms with E-state index in [9.17, 15) is 4.79 Å². The Morgan fingerprint density at radius 2 is 2.00 bits per heavy atom. The van der Waals surface area contributed by atoms with Crippen molar-refractivity contribution in [2.75, 3.05) is 20.1 Å². The Hall–Kier alpha value is -1.29. The number of hydrogen-bond acceptors (Lipinski definition) is 2. The molecule has 1 fully saturated rings. The van der Waals surface area contributed by atoms with Crippen LogP contribution in [0.4, 0.5) is 0 Å². The van der Waals surface area contributed by atoms with E-state index in [1.807, 2.05) is 18.3 Å². The van der Waals surface area contributed by atoms with Crippen molar-refractivity contribution in [3.05, 3.63) is 24.0 Å². The third-order valence-electron chi connectivity index (χ3n) is 4.62. The van der Waals surface area contributed by atoms with Gasteiger partial charge < -0.3 is 9.47 Å². The van der Waals surface area contributed by atoms with Crippen LogP contribution >= 0.6 is 0 Å². The molecule has 2 aliphatic rings. The number of fused-ring (bicyclic) bond motifs is 2. The van der Waals surface area contributed by atoms with Gasteiger partial charge in [-0.1, -0.05) is 20.8 Å². The second-order valence-electron chi connectivity index (χ2n) is 6.47. The van der Waals surface area contributed by atoms with Crippen LogP contribution in [0.2, 0.25) is 0 Å². The number of nitrogens with zero attached hydrogens (tertiary/aromatic N) is 3. The standard InChI is InChI=1S/C14H21N3O/c1-13(2,3)14-10-16-7-5-6-11(16)12(18)17(14)9-8-15(14)4/h5-7H,8-10H2,1-4H3. The van der Waals surface area contributed by atoms with Crippen molar-refractivity contribution in [1.29, 1.82) is 0 Å². The summed E-state index contributed by atoms with van der Waals surface area (Å²) in [6, 6.07) is 3.89. The molecule has 3 rings (SSSR count). The summed E-state index contributed by atoms with van der Waals surface area (Å²) in [7, 11) is 2.13. The molecule has 1 aromatic rings. The second kappa shape index (κ2) is 3.38. The molecule has 4 nitrogen and oxygen atoms in total. The Bertz CT molecular complexity index is 499. The van der Waals surface area contributed by atoms with Crippen LogP contribution in [-0.4, -0.2) is 46.1 Å². The summed E-state index contributed by atoms with van der Waals surface area (Å²) in [5, 5.41) is 0. The zero-order valence-electron chi connectivity index (χ0n) is 11.6. The van der Waals surface area contributed by atoms with Crippen molar-refractivity contribution < 1.29 is 4.79 Å². The summed E-state index contributed by atoms with van der Waals surface area (Å²) in [6.07, 6.45) is 2.02. The van der Waals surface area contributed by atoms with Crippen molar-refractivity contribution in [2.24, 2.45) is 5.41 Å². The fraction of sp³-hybridized carbons (Fsp3) is 0.643. The first-order valence-corrected chi connectivity index (χ1v) is 6.56. The molecule has 0 aromatic carbocycles. The molecule has 98 valence electrons. The van der Waals surface area contributed by atoms with Crippen molar-refractivity contribution in [3.8, 4) is 0 Å². The van der Waals surface area contributed by atoms with E-state index in [1.54, 1.807) is 0 Å². The van der Waals surface area contributed by atoms with Crippen LogP contribution in [0, 0.1) is 5.41 Å². The minimum atomic E-state index is -0.198. The molecule has 1 saturated heterocycles. The minimum Gasteiger partial charge on any atom is -0.340 e. The summed E-state index contributed by atoms with van der Waals surface area (Å²) >= 11 is 0. The van der Waals surface area contributed by atoms with E-state index in [1.165, 1.54) is 0 Å². The van der Waals surface area contributed by atoms with E-state index in [0.717, 1.165) is 25.3 Å². The maximum Gasteiger partial charge on any atom is 0.272 e. The molecule has 0 spiro atoms. The highest BCUT2D eigenvalue weighted by molar-refractivity contribution is 5.94. The molecule has 1 unspecified atom stereocenters. The predicted octanol–water partition coefficient (Wildman–Crippen LogP) is 1.63. The Kier molecular flexibility index (Phi) is 2.21. The van der Waals surface area contributed by atoms with Gasteiger partial charge in [-0.15, -0.1) is 0 Å². The van der Waals surface area contributed by atoms with Gasteiger partial charge in [0.25, 0.3) is 5.91 Å². The molecule has 3 heterocycles. The second-order valence-corrected chi connectivity index (χ2v) is 6.47. The molecular formula is C14H21N3O. The number of aromatic nitrogens is 1. The van der Waals surface area contributed by atoms with Crippen LogP contribution < -0.4 is 0 Å². The van der Waals surface area contributed by atoms with E-state index in [-0.39, 0.29) is 17.0 Å². The molecule has 0 N–H and O–H groups in total. The fourth-order valence-corrected chi connectivity index (χ4v) is 3.64. The highest BCUT2D eigenvalue weighted by Crippen LogP contribution is 2.45. The lowest BCUT2D eigenvalue weighted by Gasteiger charge is -2.53. The van der Waals surface area contributed by atoms with E-state index < -0.39 is 0 Å². The molecule has 18 heavy (non-hydrogen) atoms. The van der Waals surface area contributed by atoms with Gasteiger partial charge in [0.05, 0.1) is 6.54 Å². The van der Waals surface area contributed by atoms with Gasteiger partial charge in [-0.3, -0.25) is 9.69 Å². The SMILES string of the molecule is CN1CCN2C(=O)c3cccn3CC12C(C)(C)C. The number of likely N-dealkylation sites (N-methyl/N-ethyl adjacent to an activating group) is 1. The minimum absolute atomic E-state index is 0.0237. The molecule has 0 radical (unpaired) electrons. The van der Waals surface area contributed by atoms with Crippen molar-refractivity contribution in [1.82, 2.24) is 14.4 Å². The number of carbonyl (C=O) groups excluding carboxylic acids is 1. The zero-order valence-corrected chi connectivity index (χ0v) is 11.6. The third-order valence-corrected chi connectivity index (χ3v) is 4.62. The monoisotopic (exact) mass is 247 g/mol. The maximum absolute atomic E-state index is 12.6. The fourth-order valence-electron chi connectivity index (χ4n) is 3.64. The summed E-state index contributed by atoms with van der Waals surface area (Å²) in [5.74, 6) is 0.172. The van der Waals surface area contributed by atoms with Gasteiger partial charge in [0.1, 0.15) is 11.4 Å². The first-order chi connectivity index (χ1) is 8.38. The Morgan fingerprint density at radius 1 is 1.28 bits per heavy atom. The van der Waals surface area contributed by atoms with E-state index in [4.69, 9.17) is 0 Å². The molecule has 0 bridgehead atoms. The lowest BCUT2D eigenvalue weighted by atomic mass is 9.77. The van der Waals surface area contributed by atoms with Gasteiger partial charge in [-0.2, -0.15) is 0 Å². The Labute approximate surface area is 108 Å². The normalized spacial score (nSPS) is 28.4. The van der Waals surface area contributed by atoms with Crippen molar-refractivity contribution in [2.45, 2.75) is 33.0 Å². The molecule has 1 aromatic heterocycles. The summed E-state index contributed by atoms with van der Waals surface area (Å²) in [4.78, 5) is 17.0. The molecule has 1 atom stereocenters. The van der Waals surface area contributed by atoms with Crippen LogP contribution in [-0.2, 0) is 6.54 Å². The molecule has 4 heteroatoms. The Morgan fingerprint density at radius 3 is 2.67 bits per heavy atom. The van der Waals surface area contributed by atoms with Gasteiger partial charge >= 0.3 is 0 Å². The summed E-state index contributed by atoms with van der Waals surface area (Å²) in [5.41, 5.74) is 0.650. The van der Waals surface area contributed by atoms with Crippen molar-refractivity contribution >= 4 is 5.91 Å². The zero-order chi connectivity index (χ0) is 13.1. The average molecular weight is 247 g/mol. The van der Waals surface area contributed by atoms with E-state index >= 15 is 0 Å². The molecule has 1 amide bonds. The first-order valence-electron chi connectivity index (χ1n) is 6.56. The van der Waals surface area contributed by atoms with Gasteiger partial charge in [-0.05, 0) is 19.2 Å². The van der Waals surface area contributed by atoms with Gasteiger partial charge in [0.2, 0.25) is 0 Å². The highest BCUT2D eigenvalue weighted by Gasteiger charge is 2.57. The Balaban J connectivity index is 2.18. The summed E-state index contributed by atoms with van der Waals surface area (Å²) < 4.78 is 2.10. The van der Waals surface area contributed by atoms with Gasteiger partial charge in [0.15, 0.2) is 0 Å². The van der Waals surface area contributed by atoms with E-state index in [2.05, 4.69) is 42.2 Å². The van der Waals surface area contributed by atoms with Crippen LogP contribution in [0.15, 0.2) is 18.3 Å². The quantitative estimate of drug-likeness (QED) is 0.697. The third kappa shape index (κ3) is 1.21. The van der Waals surface area contributed by atoms with Gasteiger partial charge in [-0.25, -0.2) is 0 Å². The lowest BCUT2D eigenvalue weighted by molar-refractivity contribution is -0.0703. The van der Waals surface area contributed by atoms with Crippen LogP contribution in [0.25, 0.3) is 0 Å². The molecule has 0 aliphatic carbocycles. The number of rotatable bonds is 0. The van der Waals surface area contributed by atoms with Crippen LogP contribution in [0.1, 0.15) is 31.3 Å². The topological polar surface area (TPSA) is 28.5 Å². The number of amides is 1. The largest absolute Gasteiger partial charge is 0.340 e. The first kappa shape index (κ1) is 11.8. The molecule has 0 saturated carbocycles. The number of hydrogen-bond donors (Lipinski definition) is 0. The highest BCUT2D eigenvalue weighted by atomic mass is 16.2. The maximum atomic E-state index is 12.6. The predicted molar refractivity (Wildman–Crippen MR) is 70.3 cm³/mol. The molecule has 2 aliphatic heterocycles. The lowest BCUT2D eigenvalue weighted by Crippen LogP contribution is -2.66. The van der Waals surface area contributed by atoms with Gasteiger partial charge in [0, 0.05) is 24.7 Å². The summed E-state index contributed by atoms with van der Waals surface area (Å²) in [6.45, 7) is 9.32. The smallest absolute Gasteiger partial charge is 0.272 e. The number of carbonyl (C=O) groups is 1. The van der Waals surface area contributed by atoms with E-state index in [0.29, 0.717) is 0 Å². The van der Waals surface area contributed by atoms with Crippen LogP contribution in [0.5, 0.6) is 0 Å². The van der Waals surface area contributed by atoms with Crippen LogP contribution in [0.3, 0.4) is 0 Å². The van der Waals surface area contributed by atoms with Crippen molar-refractivity contribution in [3.63, 3.8) is 0 Å². The molecular weight excluding hydrogens is 226 g/mol.